The minimum atomic E-state index is -4.68. The summed E-state index contributed by atoms with van der Waals surface area (Å²) in [5, 5.41) is 6.31. The number of alkyl halides is 3. The summed E-state index contributed by atoms with van der Waals surface area (Å²) in [6.45, 7) is 0. The molecule has 1 aromatic heterocycles. The lowest BCUT2D eigenvalue weighted by molar-refractivity contribution is -0.136. The Balaban J connectivity index is 1.88. The van der Waals surface area contributed by atoms with E-state index in [0.717, 1.165) is 0 Å². The van der Waals surface area contributed by atoms with Crippen LogP contribution in [0.25, 0.3) is 11.0 Å². The van der Waals surface area contributed by atoms with Crippen LogP contribution in [0.15, 0.2) is 51.7 Å². The van der Waals surface area contributed by atoms with E-state index in [-0.39, 0.29) is 16.1 Å². The summed E-state index contributed by atoms with van der Waals surface area (Å²) in [6, 6.07) is 8.99. The van der Waals surface area contributed by atoms with Gasteiger partial charge >= 0.3 is 11.8 Å². The predicted octanol–water partition coefficient (Wildman–Crippen LogP) is 5.93. The van der Waals surface area contributed by atoms with Gasteiger partial charge in [0, 0.05) is 28.2 Å². The molecule has 140 valence electrons. The van der Waals surface area contributed by atoms with Crippen molar-refractivity contribution in [2.24, 2.45) is 0 Å². The number of hydrogen-bond donors (Lipinski definition) is 2. The number of fused-ring (bicyclic) bond motifs is 1. The van der Waals surface area contributed by atoms with Crippen LogP contribution in [0.4, 0.5) is 24.5 Å². The highest BCUT2D eigenvalue weighted by molar-refractivity contribution is 7.80. The van der Waals surface area contributed by atoms with Gasteiger partial charge < -0.3 is 15.1 Å². The molecule has 0 saturated carbocycles. The van der Waals surface area contributed by atoms with Gasteiger partial charge in [-0.15, -0.1) is 0 Å². The smallest absolute Gasteiger partial charge is 0.417 e. The van der Waals surface area contributed by atoms with Crippen LogP contribution in [-0.4, -0.2) is 5.11 Å². The third-order valence-corrected chi connectivity index (χ3v) is 4.25. The van der Waals surface area contributed by atoms with E-state index in [4.69, 9.17) is 39.8 Å². The quantitative estimate of drug-likeness (QED) is 0.388. The maximum Gasteiger partial charge on any atom is 0.417 e. The van der Waals surface area contributed by atoms with Gasteiger partial charge in [0.1, 0.15) is 5.58 Å². The summed E-state index contributed by atoms with van der Waals surface area (Å²) in [4.78, 5) is 11.4. The minimum Gasteiger partial charge on any atom is -0.423 e. The van der Waals surface area contributed by atoms with Crippen molar-refractivity contribution in [1.82, 2.24) is 0 Å². The fourth-order valence-electron chi connectivity index (χ4n) is 2.35. The molecule has 0 bridgehead atoms. The third kappa shape index (κ3) is 4.52. The number of anilines is 2. The Hall–Kier alpha value is -2.29. The zero-order valence-corrected chi connectivity index (χ0v) is 15.5. The molecule has 0 fully saturated rings. The molecular weight excluding hydrogens is 424 g/mol. The van der Waals surface area contributed by atoms with E-state index < -0.39 is 17.4 Å². The summed E-state index contributed by atoms with van der Waals surface area (Å²) in [6.07, 6.45) is -4.68. The van der Waals surface area contributed by atoms with Crippen LogP contribution >= 0.6 is 35.4 Å². The number of nitrogens with one attached hydrogen (secondary N) is 2. The van der Waals surface area contributed by atoms with Crippen molar-refractivity contribution >= 4 is 62.9 Å². The fraction of sp³-hybridized carbons (Fsp3) is 0.0588. The first-order chi connectivity index (χ1) is 12.6. The Morgan fingerprint density at radius 2 is 1.78 bits per heavy atom. The second kappa shape index (κ2) is 7.38. The molecule has 0 unspecified atom stereocenters. The molecule has 0 amide bonds. The first-order valence-electron chi connectivity index (χ1n) is 7.31. The van der Waals surface area contributed by atoms with Gasteiger partial charge in [-0.1, -0.05) is 23.2 Å². The maximum atomic E-state index is 13.1. The van der Waals surface area contributed by atoms with E-state index >= 15 is 0 Å². The summed E-state index contributed by atoms with van der Waals surface area (Å²) >= 11 is 17.1. The highest BCUT2D eigenvalue weighted by Gasteiger charge is 2.33. The van der Waals surface area contributed by atoms with Crippen molar-refractivity contribution in [2.45, 2.75) is 6.18 Å². The van der Waals surface area contributed by atoms with Crippen molar-refractivity contribution in [3.05, 3.63) is 68.5 Å². The van der Waals surface area contributed by atoms with E-state index in [1.807, 2.05) is 0 Å². The van der Waals surface area contributed by atoms with Gasteiger partial charge in [-0.05, 0) is 42.5 Å². The highest BCUT2D eigenvalue weighted by atomic mass is 35.5. The number of hydrogen-bond acceptors (Lipinski definition) is 3. The zero-order valence-electron chi connectivity index (χ0n) is 13.2. The number of halogens is 5. The summed E-state index contributed by atoms with van der Waals surface area (Å²) in [7, 11) is 0. The lowest BCUT2D eigenvalue weighted by Crippen LogP contribution is -2.19. The van der Waals surface area contributed by atoms with Gasteiger partial charge in [0.2, 0.25) is 0 Å². The standard InChI is InChI=1S/C17H9Cl2F3N2O2S/c18-8-1-4-12(19)13(5-8)24-16(27)23-9-2-3-10-11(17(20,21)22)7-15(25)26-14(10)6-9/h1-7H,(H2,23,24,27). The molecule has 0 aliphatic carbocycles. The topological polar surface area (TPSA) is 54.3 Å². The molecule has 3 rings (SSSR count). The second-order valence-electron chi connectivity index (χ2n) is 5.39. The Morgan fingerprint density at radius 1 is 1.04 bits per heavy atom. The van der Waals surface area contributed by atoms with Crippen LogP contribution in [0.3, 0.4) is 0 Å². The van der Waals surface area contributed by atoms with Crippen LogP contribution in [0.1, 0.15) is 5.56 Å². The Labute approximate surface area is 165 Å². The monoisotopic (exact) mass is 432 g/mol. The molecule has 27 heavy (non-hydrogen) atoms. The molecule has 2 N–H and O–H groups in total. The Bertz CT molecular complexity index is 1100. The van der Waals surface area contributed by atoms with Gasteiger partial charge in [0.25, 0.3) is 0 Å². The van der Waals surface area contributed by atoms with Gasteiger partial charge in [0.05, 0.1) is 16.3 Å². The average Bonchev–Trinajstić information content (AvgIpc) is 2.56. The summed E-state index contributed by atoms with van der Waals surface area (Å²) < 4.78 is 44.1. The first-order valence-corrected chi connectivity index (χ1v) is 8.48. The summed E-state index contributed by atoms with van der Waals surface area (Å²) in [5.74, 6) is 0. The van der Waals surface area contributed by atoms with E-state index in [1.165, 1.54) is 18.2 Å². The van der Waals surface area contributed by atoms with E-state index in [1.54, 1.807) is 18.2 Å². The van der Waals surface area contributed by atoms with Crippen LogP contribution in [0, 0.1) is 0 Å². The largest absolute Gasteiger partial charge is 0.423 e. The van der Waals surface area contributed by atoms with Crippen LogP contribution in [0.2, 0.25) is 10.0 Å². The van der Waals surface area contributed by atoms with Crippen LogP contribution in [-0.2, 0) is 6.18 Å². The molecule has 4 nitrogen and oxygen atoms in total. The molecule has 10 heteroatoms. The van der Waals surface area contributed by atoms with Gasteiger partial charge in [0.15, 0.2) is 5.11 Å². The fourth-order valence-corrected chi connectivity index (χ4v) is 2.92. The molecular formula is C17H9Cl2F3N2O2S. The third-order valence-electron chi connectivity index (χ3n) is 3.48. The van der Waals surface area contributed by atoms with E-state index in [9.17, 15) is 18.0 Å². The minimum absolute atomic E-state index is 0.118. The van der Waals surface area contributed by atoms with Gasteiger partial charge in [-0.2, -0.15) is 13.2 Å². The van der Waals surface area contributed by atoms with Crippen molar-refractivity contribution in [3.63, 3.8) is 0 Å². The molecule has 0 aliphatic rings. The zero-order chi connectivity index (χ0) is 19.8. The SMILES string of the molecule is O=c1cc(C(F)(F)F)c2ccc(NC(=S)Nc3cc(Cl)ccc3Cl)cc2o1. The van der Waals surface area contributed by atoms with Gasteiger partial charge in [-0.25, -0.2) is 4.79 Å². The summed E-state index contributed by atoms with van der Waals surface area (Å²) in [5.41, 5.74) is -1.61. The Morgan fingerprint density at radius 3 is 2.48 bits per heavy atom. The highest BCUT2D eigenvalue weighted by Crippen LogP contribution is 2.34. The van der Waals surface area contributed by atoms with E-state index in [0.29, 0.717) is 27.5 Å². The molecule has 3 aromatic rings. The Kier molecular flexibility index (Phi) is 5.32. The van der Waals surface area contributed by atoms with Gasteiger partial charge in [-0.3, -0.25) is 0 Å². The van der Waals surface area contributed by atoms with Crippen LogP contribution < -0.4 is 16.3 Å². The lowest BCUT2D eigenvalue weighted by Gasteiger charge is -2.13. The molecule has 0 aliphatic heterocycles. The first kappa shape index (κ1) is 19.5. The predicted molar refractivity (Wildman–Crippen MR) is 104 cm³/mol. The number of rotatable bonds is 2. The average molecular weight is 433 g/mol. The maximum absolute atomic E-state index is 13.1. The normalized spacial score (nSPS) is 11.4. The molecule has 0 radical (unpaired) electrons. The molecule has 2 aromatic carbocycles. The molecule has 0 atom stereocenters. The van der Waals surface area contributed by atoms with E-state index in [2.05, 4.69) is 10.6 Å². The molecule has 0 spiro atoms. The lowest BCUT2D eigenvalue weighted by atomic mass is 10.1. The molecule has 0 saturated heterocycles. The second-order valence-corrected chi connectivity index (χ2v) is 6.64. The number of benzene rings is 2. The van der Waals surface area contributed by atoms with Crippen LogP contribution in [0.5, 0.6) is 0 Å². The molecule has 1 heterocycles. The van der Waals surface area contributed by atoms with Crippen molar-refractivity contribution < 1.29 is 17.6 Å². The van der Waals surface area contributed by atoms with Crippen molar-refractivity contribution in [2.75, 3.05) is 10.6 Å². The van der Waals surface area contributed by atoms with Crippen molar-refractivity contribution in [3.8, 4) is 0 Å². The van der Waals surface area contributed by atoms with Crippen molar-refractivity contribution in [1.29, 1.82) is 0 Å². The number of thiocarbonyl (C=S) groups is 1.